The summed E-state index contributed by atoms with van der Waals surface area (Å²) in [7, 11) is 0. The van der Waals surface area contributed by atoms with Crippen molar-refractivity contribution in [3.8, 4) is 0 Å². The van der Waals surface area contributed by atoms with Crippen molar-refractivity contribution in [1.29, 1.82) is 0 Å². The maximum atomic E-state index is 11.4. The van der Waals surface area contributed by atoms with Crippen molar-refractivity contribution in [3.05, 3.63) is 64.2 Å². The number of benzene rings is 2. The SMILES string of the molecule is Cc1ccc(C)c(C(c2nc3ccccc3s2)N2CCC(C(=O)O)CC2)c1. The van der Waals surface area contributed by atoms with Gasteiger partial charge >= 0.3 is 5.97 Å². The lowest BCUT2D eigenvalue weighted by Gasteiger charge is -2.36. The van der Waals surface area contributed by atoms with Crippen molar-refractivity contribution in [2.24, 2.45) is 5.92 Å². The van der Waals surface area contributed by atoms with E-state index in [0.29, 0.717) is 12.8 Å². The number of thiazole rings is 1. The maximum absolute atomic E-state index is 11.4. The Kier molecular flexibility index (Phi) is 4.98. The normalized spacial score (nSPS) is 17.3. The number of piperidine rings is 1. The molecular formula is C22H24N2O2S. The predicted octanol–water partition coefficient (Wildman–Crippen LogP) is 4.80. The van der Waals surface area contributed by atoms with Crippen molar-refractivity contribution in [3.63, 3.8) is 0 Å². The highest BCUT2D eigenvalue weighted by molar-refractivity contribution is 7.18. The quantitative estimate of drug-likeness (QED) is 0.706. The molecule has 1 saturated heterocycles. The second kappa shape index (κ2) is 7.41. The summed E-state index contributed by atoms with van der Waals surface area (Å²) in [5.74, 6) is -0.895. The molecule has 1 aromatic heterocycles. The molecule has 5 heteroatoms. The number of carboxylic acid groups (broad SMARTS) is 1. The highest BCUT2D eigenvalue weighted by Gasteiger charge is 2.32. The fourth-order valence-electron chi connectivity index (χ4n) is 3.95. The third kappa shape index (κ3) is 3.62. The Morgan fingerprint density at radius 2 is 1.93 bits per heavy atom. The Morgan fingerprint density at radius 1 is 1.19 bits per heavy atom. The lowest BCUT2D eigenvalue weighted by atomic mass is 9.92. The van der Waals surface area contributed by atoms with Crippen LogP contribution in [0.15, 0.2) is 42.5 Å². The summed E-state index contributed by atoms with van der Waals surface area (Å²) in [6.45, 7) is 5.84. The van der Waals surface area contributed by atoms with Gasteiger partial charge in [-0.15, -0.1) is 11.3 Å². The zero-order valence-electron chi connectivity index (χ0n) is 15.7. The molecule has 27 heavy (non-hydrogen) atoms. The standard InChI is InChI=1S/C22H24N2O2S/c1-14-7-8-15(2)17(13-14)20(24-11-9-16(10-12-24)22(25)26)21-23-18-5-3-4-6-19(18)27-21/h3-8,13,16,20H,9-12H2,1-2H3,(H,25,26). The van der Waals surface area contributed by atoms with Crippen LogP contribution >= 0.6 is 11.3 Å². The molecule has 0 amide bonds. The monoisotopic (exact) mass is 380 g/mol. The fraction of sp³-hybridized carbons (Fsp3) is 0.364. The van der Waals surface area contributed by atoms with Crippen LogP contribution in [0.1, 0.15) is 40.6 Å². The van der Waals surface area contributed by atoms with Crippen LogP contribution < -0.4 is 0 Å². The van der Waals surface area contributed by atoms with E-state index in [0.717, 1.165) is 23.6 Å². The number of likely N-dealkylation sites (tertiary alicyclic amines) is 1. The number of carbonyl (C=O) groups is 1. The summed E-state index contributed by atoms with van der Waals surface area (Å²) < 4.78 is 1.20. The molecule has 1 aliphatic heterocycles. The number of fused-ring (bicyclic) bond motifs is 1. The predicted molar refractivity (Wildman–Crippen MR) is 109 cm³/mol. The Bertz CT molecular complexity index is 940. The van der Waals surface area contributed by atoms with Gasteiger partial charge in [0.15, 0.2) is 0 Å². The second-order valence-corrected chi connectivity index (χ2v) is 8.49. The van der Waals surface area contributed by atoms with E-state index >= 15 is 0 Å². The van der Waals surface area contributed by atoms with Crippen molar-refractivity contribution >= 4 is 27.5 Å². The third-order valence-corrected chi connectivity index (χ3v) is 6.61. The molecule has 0 radical (unpaired) electrons. The van der Waals surface area contributed by atoms with Crippen LogP contribution in [0.3, 0.4) is 0 Å². The first kappa shape index (κ1) is 18.1. The summed E-state index contributed by atoms with van der Waals surface area (Å²) in [6.07, 6.45) is 1.39. The average Bonchev–Trinajstić information content (AvgIpc) is 3.09. The van der Waals surface area contributed by atoms with E-state index in [1.54, 1.807) is 11.3 Å². The van der Waals surface area contributed by atoms with Crippen LogP contribution in [-0.4, -0.2) is 34.0 Å². The van der Waals surface area contributed by atoms with Crippen LogP contribution in [0.2, 0.25) is 0 Å². The number of nitrogens with zero attached hydrogens (tertiary/aromatic N) is 2. The first-order valence-corrected chi connectivity index (χ1v) is 10.2. The second-order valence-electron chi connectivity index (χ2n) is 7.43. The lowest BCUT2D eigenvalue weighted by molar-refractivity contribution is -0.143. The first-order valence-electron chi connectivity index (χ1n) is 9.42. The summed E-state index contributed by atoms with van der Waals surface area (Å²) >= 11 is 1.75. The smallest absolute Gasteiger partial charge is 0.306 e. The number of aromatic nitrogens is 1. The molecule has 1 N–H and O–H groups in total. The molecule has 0 aliphatic carbocycles. The summed E-state index contributed by atoms with van der Waals surface area (Å²) in [6, 6.07) is 14.9. The molecule has 4 nitrogen and oxygen atoms in total. The highest BCUT2D eigenvalue weighted by atomic mass is 32.1. The van der Waals surface area contributed by atoms with E-state index in [2.05, 4.69) is 55.1 Å². The van der Waals surface area contributed by atoms with Gasteiger partial charge in [-0.1, -0.05) is 35.9 Å². The first-order chi connectivity index (χ1) is 13.0. The van der Waals surface area contributed by atoms with Crippen LogP contribution in [0.25, 0.3) is 10.2 Å². The Morgan fingerprint density at radius 3 is 2.63 bits per heavy atom. The molecule has 4 rings (SSSR count). The molecule has 0 spiro atoms. The zero-order chi connectivity index (χ0) is 19.0. The summed E-state index contributed by atoms with van der Waals surface area (Å²) in [4.78, 5) is 18.7. The Balaban J connectivity index is 1.76. The highest BCUT2D eigenvalue weighted by Crippen LogP contribution is 2.38. The van der Waals surface area contributed by atoms with Gasteiger partial charge in [-0.25, -0.2) is 4.98 Å². The molecule has 1 unspecified atom stereocenters. The zero-order valence-corrected chi connectivity index (χ0v) is 16.5. The van der Waals surface area contributed by atoms with Gasteiger partial charge in [-0.3, -0.25) is 9.69 Å². The van der Waals surface area contributed by atoms with Crippen LogP contribution in [0.5, 0.6) is 0 Å². The summed E-state index contributed by atoms with van der Waals surface area (Å²) in [5.41, 5.74) is 4.81. The number of aliphatic carboxylic acids is 1. The van der Waals surface area contributed by atoms with Crippen molar-refractivity contribution in [2.45, 2.75) is 32.7 Å². The van der Waals surface area contributed by atoms with Gasteiger partial charge in [-0.05, 0) is 63.0 Å². The van der Waals surface area contributed by atoms with Gasteiger partial charge < -0.3 is 5.11 Å². The van der Waals surface area contributed by atoms with Gasteiger partial charge in [-0.2, -0.15) is 0 Å². The van der Waals surface area contributed by atoms with E-state index in [-0.39, 0.29) is 12.0 Å². The summed E-state index contributed by atoms with van der Waals surface area (Å²) in [5, 5.41) is 10.4. The van der Waals surface area contributed by atoms with Gasteiger partial charge in [0, 0.05) is 0 Å². The minimum Gasteiger partial charge on any atom is -0.481 e. The van der Waals surface area contributed by atoms with E-state index < -0.39 is 5.97 Å². The van der Waals surface area contributed by atoms with E-state index in [9.17, 15) is 9.90 Å². The molecule has 2 aromatic carbocycles. The molecule has 1 fully saturated rings. The van der Waals surface area contributed by atoms with Crippen LogP contribution in [0.4, 0.5) is 0 Å². The van der Waals surface area contributed by atoms with Crippen LogP contribution in [0, 0.1) is 19.8 Å². The van der Waals surface area contributed by atoms with Gasteiger partial charge in [0.25, 0.3) is 0 Å². The number of aryl methyl sites for hydroxylation is 2. The molecule has 2 heterocycles. The van der Waals surface area contributed by atoms with Crippen molar-refractivity contribution in [2.75, 3.05) is 13.1 Å². The maximum Gasteiger partial charge on any atom is 0.306 e. The van der Waals surface area contributed by atoms with E-state index in [1.807, 2.05) is 6.07 Å². The number of carboxylic acids is 1. The van der Waals surface area contributed by atoms with E-state index in [4.69, 9.17) is 4.98 Å². The number of rotatable bonds is 4. The molecule has 1 aliphatic rings. The van der Waals surface area contributed by atoms with Gasteiger partial charge in [0.05, 0.1) is 22.2 Å². The molecule has 140 valence electrons. The Hall–Kier alpha value is -2.24. The largest absolute Gasteiger partial charge is 0.481 e. The number of hydrogen-bond acceptors (Lipinski definition) is 4. The van der Waals surface area contributed by atoms with Gasteiger partial charge in [0.1, 0.15) is 5.01 Å². The molecular weight excluding hydrogens is 356 g/mol. The van der Waals surface area contributed by atoms with Crippen molar-refractivity contribution in [1.82, 2.24) is 9.88 Å². The third-order valence-electron chi connectivity index (χ3n) is 5.52. The molecule has 0 bridgehead atoms. The topological polar surface area (TPSA) is 53.4 Å². The minimum absolute atomic E-state index is 0.0806. The number of para-hydroxylation sites is 1. The number of hydrogen-bond donors (Lipinski definition) is 1. The molecule has 1 atom stereocenters. The average molecular weight is 381 g/mol. The Labute approximate surface area is 163 Å². The fourth-order valence-corrected chi connectivity index (χ4v) is 5.07. The van der Waals surface area contributed by atoms with E-state index in [1.165, 1.54) is 21.4 Å². The minimum atomic E-state index is -0.669. The lowest BCUT2D eigenvalue weighted by Crippen LogP contribution is -2.39. The molecule has 3 aromatic rings. The van der Waals surface area contributed by atoms with Crippen LogP contribution in [-0.2, 0) is 4.79 Å². The van der Waals surface area contributed by atoms with Crippen molar-refractivity contribution < 1.29 is 9.90 Å². The molecule has 0 saturated carbocycles. The van der Waals surface area contributed by atoms with Gasteiger partial charge in [0.2, 0.25) is 0 Å².